The lowest BCUT2D eigenvalue weighted by atomic mass is 10.0. The molecule has 0 saturated carbocycles. The number of pyridine rings is 1. The highest BCUT2D eigenvalue weighted by molar-refractivity contribution is 6.32. The van der Waals surface area contributed by atoms with Crippen molar-refractivity contribution in [2.45, 2.75) is 13.0 Å². The number of rotatable bonds is 3. The molecule has 3 N–H and O–H groups in total. The average Bonchev–Trinajstić information content (AvgIpc) is 2.40. The van der Waals surface area contributed by atoms with Gasteiger partial charge in [0.1, 0.15) is 17.7 Å². The van der Waals surface area contributed by atoms with Crippen LogP contribution in [0.4, 0.5) is 5.82 Å². The molecule has 0 amide bonds. The Morgan fingerprint density at radius 3 is 2.74 bits per heavy atom. The fourth-order valence-corrected chi connectivity index (χ4v) is 2.12. The van der Waals surface area contributed by atoms with E-state index < -0.39 is 6.10 Å². The Labute approximate surface area is 116 Å². The number of aliphatic hydroxyl groups excluding tert-OH is 1. The van der Waals surface area contributed by atoms with Crippen molar-refractivity contribution in [3.8, 4) is 5.75 Å². The number of aliphatic hydroxyl groups is 1. The predicted octanol–water partition coefficient (Wildman–Crippen LogP) is 2.72. The molecule has 1 aromatic carbocycles. The van der Waals surface area contributed by atoms with Crippen LogP contribution in [0, 0.1) is 6.92 Å². The van der Waals surface area contributed by atoms with Crippen molar-refractivity contribution in [1.82, 2.24) is 4.98 Å². The molecule has 2 rings (SSSR count). The average molecular weight is 279 g/mol. The first-order valence-electron chi connectivity index (χ1n) is 5.76. The molecule has 0 saturated heterocycles. The minimum atomic E-state index is -0.865. The molecule has 1 aromatic heterocycles. The number of methoxy groups -OCH3 is 1. The Balaban J connectivity index is 2.41. The highest BCUT2D eigenvalue weighted by atomic mass is 35.5. The summed E-state index contributed by atoms with van der Waals surface area (Å²) < 4.78 is 5.08. The maximum Gasteiger partial charge on any atom is 0.137 e. The quantitative estimate of drug-likeness (QED) is 0.906. The molecule has 1 heterocycles. The molecule has 4 nitrogen and oxygen atoms in total. The van der Waals surface area contributed by atoms with Crippen LogP contribution in [0.3, 0.4) is 0 Å². The minimum Gasteiger partial charge on any atom is -0.495 e. The summed E-state index contributed by atoms with van der Waals surface area (Å²) in [5.41, 5.74) is 7.94. The van der Waals surface area contributed by atoms with Gasteiger partial charge in [0.05, 0.1) is 12.1 Å². The number of ether oxygens (including phenoxy) is 1. The van der Waals surface area contributed by atoms with Gasteiger partial charge in [-0.2, -0.15) is 0 Å². The smallest absolute Gasteiger partial charge is 0.137 e. The third kappa shape index (κ3) is 2.80. The van der Waals surface area contributed by atoms with Crippen LogP contribution in [0.15, 0.2) is 30.5 Å². The number of aromatic nitrogens is 1. The van der Waals surface area contributed by atoms with Crippen LogP contribution in [0.1, 0.15) is 22.8 Å². The number of nitrogen functional groups attached to an aromatic ring is 1. The molecule has 100 valence electrons. The van der Waals surface area contributed by atoms with Crippen molar-refractivity contribution in [3.63, 3.8) is 0 Å². The van der Waals surface area contributed by atoms with Crippen LogP contribution < -0.4 is 10.5 Å². The molecule has 0 radical (unpaired) electrons. The van der Waals surface area contributed by atoms with Gasteiger partial charge in [-0.25, -0.2) is 4.98 Å². The third-order valence-corrected chi connectivity index (χ3v) is 3.17. The second-order valence-corrected chi connectivity index (χ2v) is 4.69. The summed E-state index contributed by atoms with van der Waals surface area (Å²) in [4.78, 5) is 4.04. The summed E-state index contributed by atoms with van der Waals surface area (Å²) in [5, 5.41) is 10.8. The van der Waals surface area contributed by atoms with Gasteiger partial charge in [0, 0.05) is 11.8 Å². The third-order valence-electron chi connectivity index (χ3n) is 2.87. The van der Waals surface area contributed by atoms with Crippen LogP contribution in [-0.2, 0) is 0 Å². The van der Waals surface area contributed by atoms with E-state index >= 15 is 0 Å². The highest BCUT2D eigenvalue weighted by Crippen LogP contribution is 2.31. The van der Waals surface area contributed by atoms with Crippen molar-refractivity contribution in [1.29, 1.82) is 0 Å². The van der Waals surface area contributed by atoms with Gasteiger partial charge in [-0.3, -0.25) is 0 Å². The Hall–Kier alpha value is -1.78. The van der Waals surface area contributed by atoms with Crippen LogP contribution in [0.2, 0.25) is 5.02 Å². The van der Waals surface area contributed by atoms with Crippen molar-refractivity contribution in [2.24, 2.45) is 0 Å². The number of hydrogen-bond acceptors (Lipinski definition) is 4. The molecule has 2 aromatic rings. The molecule has 0 aliphatic carbocycles. The first kappa shape index (κ1) is 13.6. The summed E-state index contributed by atoms with van der Waals surface area (Å²) >= 11 is 6.05. The maximum absolute atomic E-state index is 10.4. The first-order valence-corrected chi connectivity index (χ1v) is 6.14. The van der Waals surface area contributed by atoms with Gasteiger partial charge in [0.15, 0.2) is 0 Å². The zero-order valence-electron chi connectivity index (χ0n) is 10.7. The summed E-state index contributed by atoms with van der Waals surface area (Å²) in [6.07, 6.45) is 0.794. The Morgan fingerprint density at radius 2 is 2.11 bits per heavy atom. The van der Waals surface area contributed by atoms with E-state index in [9.17, 15) is 5.11 Å². The normalized spacial score (nSPS) is 12.2. The Bertz CT molecular complexity index is 602. The number of hydrogen-bond donors (Lipinski definition) is 2. The van der Waals surface area contributed by atoms with Crippen LogP contribution >= 0.6 is 11.6 Å². The van der Waals surface area contributed by atoms with Gasteiger partial charge in [-0.15, -0.1) is 0 Å². The lowest BCUT2D eigenvalue weighted by molar-refractivity contribution is 0.220. The van der Waals surface area contributed by atoms with E-state index in [2.05, 4.69) is 4.98 Å². The van der Waals surface area contributed by atoms with E-state index in [-0.39, 0.29) is 0 Å². The molecular formula is C14H15ClN2O2. The number of nitrogens with two attached hydrogens (primary N) is 1. The van der Waals surface area contributed by atoms with Crippen LogP contribution in [0.25, 0.3) is 0 Å². The van der Waals surface area contributed by atoms with E-state index in [1.165, 1.54) is 0 Å². The van der Waals surface area contributed by atoms with Gasteiger partial charge < -0.3 is 15.6 Å². The van der Waals surface area contributed by atoms with Crippen molar-refractivity contribution < 1.29 is 9.84 Å². The van der Waals surface area contributed by atoms with Gasteiger partial charge in [0.25, 0.3) is 0 Å². The molecule has 0 bridgehead atoms. The van der Waals surface area contributed by atoms with E-state index in [4.69, 9.17) is 22.1 Å². The zero-order valence-corrected chi connectivity index (χ0v) is 11.5. The van der Waals surface area contributed by atoms with E-state index in [0.29, 0.717) is 27.7 Å². The topological polar surface area (TPSA) is 68.4 Å². The number of halogens is 1. The maximum atomic E-state index is 10.4. The predicted molar refractivity (Wildman–Crippen MR) is 75.5 cm³/mol. The van der Waals surface area contributed by atoms with Crippen LogP contribution in [0.5, 0.6) is 5.75 Å². The van der Waals surface area contributed by atoms with Crippen molar-refractivity contribution in [3.05, 3.63) is 52.2 Å². The zero-order chi connectivity index (χ0) is 14.0. The van der Waals surface area contributed by atoms with Gasteiger partial charge in [0.2, 0.25) is 0 Å². The first-order chi connectivity index (χ1) is 9.02. The second-order valence-electron chi connectivity index (χ2n) is 4.28. The number of benzene rings is 1. The molecule has 0 fully saturated rings. The molecule has 0 aliphatic heterocycles. The number of aryl methyl sites for hydroxylation is 1. The van der Waals surface area contributed by atoms with E-state index in [1.54, 1.807) is 31.5 Å². The fourth-order valence-electron chi connectivity index (χ4n) is 1.85. The molecule has 0 spiro atoms. The van der Waals surface area contributed by atoms with E-state index in [1.807, 2.05) is 13.0 Å². The summed E-state index contributed by atoms with van der Waals surface area (Å²) in [6, 6.07) is 6.93. The lowest BCUT2D eigenvalue weighted by Crippen LogP contribution is -2.06. The summed E-state index contributed by atoms with van der Waals surface area (Å²) in [7, 11) is 1.54. The molecule has 1 unspecified atom stereocenters. The van der Waals surface area contributed by atoms with Gasteiger partial charge >= 0.3 is 0 Å². The largest absolute Gasteiger partial charge is 0.495 e. The van der Waals surface area contributed by atoms with Crippen molar-refractivity contribution >= 4 is 17.4 Å². The molecule has 5 heteroatoms. The van der Waals surface area contributed by atoms with E-state index in [0.717, 1.165) is 5.56 Å². The van der Waals surface area contributed by atoms with Crippen molar-refractivity contribution in [2.75, 3.05) is 12.8 Å². The molecule has 0 aliphatic rings. The monoisotopic (exact) mass is 278 g/mol. The molecule has 1 atom stereocenters. The summed E-state index contributed by atoms with van der Waals surface area (Å²) in [6.45, 7) is 1.89. The Kier molecular flexibility index (Phi) is 3.93. The molecule has 19 heavy (non-hydrogen) atoms. The van der Waals surface area contributed by atoms with Gasteiger partial charge in [-0.05, 0) is 36.2 Å². The summed E-state index contributed by atoms with van der Waals surface area (Å²) in [5.74, 6) is 0.873. The fraction of sp³-hybridized carbons (Fsp3) is 0.214. The number of anilines is 1. The van der Waals surface area contributed by atoms with Crippen LogP contribution in [-0.4, -0.2) is 17.2 Å². The standard InChI is InChI=1S/C14H15ClN2O2/c1-8-5-10(14(16)17-7-8)13(18)9-3-4-12(19-2)11(15)6-9/h3-7,13,18H,1-2H3,(H2,16,17). The minimum absolute atomic E-state index is 0.310. The number of nitrogens with zero attached hydrogens (tertiary/aromatic N) is 1. The SMILES string of the molecule is COc1ccc(C(O)c2cc(C)cnc2N)cc1Cl. The van der Waals surface area contributed by atoms with Gasteiger partial charge in [-0.1, -0.05) is 17.7 Å². The Morgan fingerprint density at radius 1 is 1.37 bits per heavy atom. The second kappa shape index (κ2) is 5.47. The highest BCUT2D eigenvalue weighted by Gasteiger charge is 2.16. The lowest BCUT2D eigenvalue weighted by Gasteiger charge is -2.15. The molecular weight excluding hydrogens is 264 g/mol.